The number of nitrogens with one attached hydrogen (secondary N) is 1. The molecule has 0 bridgehead atoms. The van der Waals surface area contributed by atoms with E-state index in [9.17, 15) is 4.79 Å². The van der Waals surface area contributed by atoms with Gasteiger partial charge >= 0.3 is 0 Å². The van der Waals surface area contributed by atoms with E-state index in [4.69, 9.17) is 9.40 Å². The average Bonchev–Trinajstić information content (AvgIpc) is 3.26. The molecule has 5 nitrogen and oxygen atoms in total. The maximum atomic E-state index is 12.8. The number of para-hydroxylation sites is 1. The predicted molar refractivity (Wildman–Crippen MR) is 110 cm³/mol. The van der Waals surface area contributed by atoms with Gasteiger partial charge in [0.2, 0.25) is 0 Å². The first kappa shape index (κ1) is 17.7. The lowest BCUT2D eigenvalue weighted by Crippen LogP contribution is -2.18. The van der Waals surface area contributed by atoms with Crippen molar-refractivity contribution in [2.45, 2.75) is 13.3 Å². The number of carbonyl (C=O) groups is 1. The highest BCUT2D eigenvalue weighted by molar-refractivity contribution is 6.07. The third kappa shape index (κ3) is 3.69. The Morgan fingerprint density at radius 1 is 1.14 bits per heavy atom. The lowest BCUT2D eigenvalue weighted by molar-refractivity contribution is 0.0956. The van der Waals surface area contributed by atoms with Crippen LogP contribution in [0.25, 0.3) is 22.2 Å². The zero-order chi connectivity index (χ0) is 19.3. The number of rotatable bonds is 5. The van der Waals surface area contributed by atoms with Crippen molar-refractivity contribution in [1.82, 2.24) is 10.4 Å². The van der Waals surface area contributed by atoms with Crippen molar-refractivity contribution in [3.63, 3.8) is 0 Å². The SMILES string of the molecule is CCc1ccc(-c2cc(C(=O)NN=Cc3ccoc3)c3ccccc3n2)cc1. The third-order valence-electron chi connectivity index (χ3n) is 4.54. The van der Waals surface area contributed by atoms with Gasteiger partial charge in [0.05, 0.1) is 35.5 Å². The first-order valence-corrected chi connectivity index (χ1v) is 9.09. The topological polar surface area (TPSA) is 67.5 Å². The van der Waals surface area contributed by atoms with Crippen LogP contribution in [0.2, 0.25) is 0 Å². The number of amides is 1. The third-order valence-corrected chi connectivity index (χ3v) is 4.54. The van der Waals surface area contributed by atoms with Crippen molar-refractivity contribution in [2.24, 2.45) is 5.10 Å². The van der Waals surface area contributed by atoms with E-state index >= 15 is 0 Å². The number of pyridine rings is 1. The Morgan fingerprint density at radius 3 is 2.71 bits per heavy atom. The van der Waals surface area contributed by atoms with Crippen LogP contribution in [0.1, 0.15) is 28.4 Å². The molecule has 4 rings (SSSR count). The Bertz CT molecular complexity index is 1130. The van der Waals surface area contributed by atoms with E-state index in [1.807, 2.05) is 42.5 Å². The van der Waals surface area contributed by atoms with Gasteiger partial charge in [0.1, 0.15) is 0 Å². The van der Waals surface area contributed by atoms with Crippen LogP contribution in [0.5, 0.6) is 0 Å². The lowest BCUT2D eigenvalue weighted by Gasteiger charge is -2.09. The second-order valence-corrected chi connectivity index (χ2v) is 6.38. The van der Waals surface area contributed by atoms with Gasteiger partial charge in [0.25, 0.3) is 5.91 Å². The first-order chi connectivity index (χ1) is 13.7. The fraction of sp³-hybridized carbons (Fsp3) is 0.0870. The summed E-state index contributed by atoms with van der Waals surface area (Å²) in [4.78, 5) is 17.5. The van der Waals surface area contributed by atoms with Crippen molar-refractivity contribution in [1.29, 1.82) is 0 Å². The molecule has 138 valence electrons. The Hall–Kier alpha value is -3.73. The van der Waals surface area contributed by atoms with E-state index in [2.05, 4.69) is 29.6 Å². The molecule has 28 heavy (non-hydrogen) atoms. The highest BCUT2D eigenvalue weighted by Gasteiger charge is 2.13. The number of hydrazone groups is 1. The van der Waals surface area contributed by atoms with Gasteiger partial charge in [-0.05, 0) is 30.2 Å². The summed E-state index contributed by atoms with van der Waals surface area (Å²) in [7, 11) is 0. The number of carbonyl (C=O) groups excluding carboxylic acids is 1. The van der Waals surface area contributed by atoms with Crippen LogP contribution in [0, 0.1) is 0 Å². The van der Waals surface area contributed by atoms with E-state index < -0.39 is 0 Å². The molecule has 1 amide bonds. The highest BCUT2D eigenvalue weighted by atomic mass is 16.3. The summed E-state index contributed by atoms with van der Waals surface area (Å²) >= 11 is 0. The number of hydrogen-bond donors (Lipinski definition) is 1. The summed E-state index contributed by atoms with van der Waals surface area (Å²) in [5.74, 6) is -0.287. The van der Waals surface area contributed by atoms with Gasteiger partial charge in [-0.2, -0.15) is 5.10 Å². The fourth-order valence-corrected chi connectivity index (χ4v) is 3.00. The van der Waals surface area contributed by atoms with Gasteiger partial charge in [-0.15, -0.1) is 0 Å². The van der Waals surface area contributed by atoms with Gasteiger partial charge in [-0.25, -0.2) is 10.4 Å². The molecule has 2 aromatic carbocycles. The number of benzene rings is 2. The average molecular weight is 369 g/mol. The molecule has 0 spiro atoms. The molecule has 0 radical (unpaired) electrons. The number of furan rings is 1. The zero-order valence-corrected chi connectivity index (χ0v) is 15.4. The predicted octanol–water partition coefficient (Wildman–Crippen LogP) is 4.82. The minimum absolute atomic E-state index is 0.287. The van der Waals surface area contributed by atoms with Gasteiger partial charge in [0.15, 0.2) is 0 Å². The number of aryl methyl sites for hydroxylation is 1. The standard InChI is InChI=1S/C23H19N3O2/c1-2-16-7-9-18(10-8-16)22-13-20(19-5-3-4-6-21(19)25-22)23(27)26-24-14-17-11-12-28-15-17/h3-15H,2H2,1H3,(H,26,27). The summed E-state index contributed by atoms with van der Waals surface area (Å²) in [5.41, 5.74) is 7.65. The second kappa shape index (κ2) is 7.88. The molecular formula is C23H19N3O2. The second-order valence-electron chi connectivity index (χ2n) is 6.38. The van der Waals surface area contributed by atoms with Crippen LogP contribution in [-0.2, 0) is 6.42 Å². The van der Waals surface area contributed by atoms with E-state index in [1.165, 1.54) is 11.8 Å². The zero-order valence-electron chi connectivity index (χ0n) is 15.4. The Kier molecular flexibility index (Phi) is 4.97. The maximum Gasteiger partial charge on any atom is 0.272 e. The molecule has 0 fully saturated rings. The van der Waals surface area contributed by atoms with Crippen LogP contribution in [-0.4, -0.2) is 17.1 Å². The summed E-state index contributed by atoms with van der Waals surface area (Å²) < 4.78 is 4.98. The summed E-state index contributed by atoms with van der Waals surface area (Å²) in [5, 5.41) is 4.80. The summed E-state index contributed by atoms with van der Waals surface area (Å²) in [6.45, 7) is 2.12. The summed E-state index contributed by atoms with van der Waals surface area (Å²) in [6.07, 6.45) is 5.62. The fourth-order valence-electron chi connectivity index (χ4n) is 3.00. The monoisotopic (exact) mass is 369 g/mol. The lowest BCUT2D eigenvalue weighted by atomic mass is 10.0. The molecule has 0 unspecified atom stereocenters. The molecule has 1 N–H and O–H groups in total. The molecular weight excluding hydrogens is 350 g/mol. The van der Waals surface area contributed by atoms with Crippen molar-refractivity contribution < 1.29 is 9.21 Å². The van der Waals surface area contributed by atoms with E-state index in [0.717, 1.165) is 34.1 Å². The Labute approximate surface area is 162 Å². The molecule has 2 aromatic heterocycles. The Morgan fingerprint density at radius 2 is 1.96 bits per heavy atom. The maximum absolute atomic E-state index is 12.8. The van der Waals surface area contributed by atoms with Crippen LogP contribution in [0.3, 0.4) is 0 Å². The Balaban J connectivity index is 1.70. The molecule has 0 aliphatic heterocycles. The molecule has 0 aliphatic rings. The van der Waals surface area contributed by atoms with Crippen molar-refractivity contribution in [2.75, 3.05) is 0 Å². The van der Waals surface area contributed by atoms with Gasteiger partial charge in [-0.3, -0.25) is 4.79 Å². The first-order valence-electron chi connectivity index (χ1n) is 9.09. The quantitative estimate of drug-likeness (QED) is 0.405. The highest BCUT2D eigenvalue weighted by Crippen LogP contribution is 2.25. The van der Waals surface area contributed by atoms with Crippen LogP contribution >= 0.6 is 0 Å². The van der Waals surface area contributed by atoms with Crippen LogP contribution < -0.4 is 5.43 Å². The molecule has 4 aromatic rings. The largest absolute Gasteiger partial charge is 0.472 e. The van der Waals surface area contributed by atoms with Gasteiger partial charge < -0.3 is 4.42 Å². The van der Waals surface area contributed by atoms with E-state index in [0.29, 0.717) is 5.56 Å². The smallest absolute Gasteiger partial charge is 0.272 e. The van der Waals surface area contributed by atoms with Gasteiger partial charge in [-0.1, -0.05) is 49.4 Å². The molecule has 5 heteroatoms. The molecule has 2 heterocycles. The molecule has 0 saturated carbocycles. The number of fused-ring (bicyclic) bond motifs is 1. The van der Waals surface area contributed by atoms with Crippen LogP contribution in [0.4, 0.5) is 0 Å². The number of nitrogens with zero attached hydrogens (tertiary/aromatic N) is 2. The van der Waals surface area contributed by atoms with Crippen molar-refractivity contribution in [3.8, 4) is 11.3 Å². The molecule has 0 atom stereocenters. The minimum atomic E-state index is -0.287. The van der Waals surface area contributed by atoms with Crippen molar-refractivity contribution >= 4 is 23.0 Å². The molecule has 0 saturated heterocycles. The summed E-state index contributed by atoms with van der Waals surface area (Å²) in [6, 6.07) is 19.4. The van der Waals surface area contributed by atoms with Gasteiger partial charge in [0, 0.05) is 16.5 Å². The number of aromatic nitrogens is 1. The normalized spacial score (nSPS) is 11.2. The molecule has 0 aliphatic carbocycles. The number of hydrogen-bond acceptors (Lipinski definition) is 4. The van der Waals surface area contributed by atoms with Crippen molar-refractivity contribution in [3.05, 3.63) is 89.9 Å². The van der Waals surface area contributed by atoms with E-state index in [-0.39, 0.29) is 5.91 Å². The van der Waals surface area contributed by atoms with E-state index in [1.54, 1.807) is 18.6 Å². The van der Waals surface area contributed by atoms with Crippen LogP contribution in [0.15, 0.2) is 82.7 Å². The minimum Gasteiger partial charge on any atom is -0.472 e.